The van der Waals surface area contributed by atoms with Crippen LogP contribution in [-0.4, -0.2) is 19.1 Å². The Kier molecular flexibility index (Phi) is 4.54. The van der Waals surface area contributed by atoms with Crippen molar-refractivity contribution in [1.82, 2.24) is 5.32 Å². The summed E-state index contributed by atoms with van der Waals surface area (Å²) in [6.45, 7) is 3.52. The molecule has 3 heteroatoms. The lowest BCUT2D eigenvalue weighted by Gasteiger charge is -2.24. The maximum atomic E-state index is 12.2. The molecule has 0 saturated carbocycles. The summed E-state index contributed by atoms with van der Waals surface area (Å²) in [5.41, 5.74) is 4.37. The predicted molar refractivity (Wildman–Crippen MR) is 87.0 cm³/mol. The molecule has 0 fully saturated rings. The minimum absolute atomic E-state index is 0.232. The van der Waals surface area contributed by atoms with Crippen LogP contribution in [0.4, 0.5) is 0 Å². The molecule has 3 rings (SSSR count). The zero-order valence-electron chi connectivity index (χ0n) is 12.8. The summed E-state index contributed by atoms with van der Waals surface area (Å²) >= 11 is 0. The lowest BCUT2D eigenvalue weighted by Crippen LogP contribution is -2.28. The smallest absolute Gasteiger partial charge is 0.338 e. The molecular formula is C19H21NO2. The van der Waals surface area contributed by atoms with Gasteiger partial charge in [-0.05, 0) is 48.7 Å². The van der Waals surface area contributed by atoms with Crippen LogP contribution < -0.4 is 5.32 Å². The van der Waals surface area contributed by atoms with Crippen LogP contribution in [-0.2, 0) is 17.6 Å². The molecular weight excluding hydrogens is 274 g/mol. The summed E-state index contributed by atoms with van der Waals surface area (Å²) in [5, 5.41) is 3.42. The minimum Gasteiger partial charge on any atom is -0.462 e. The number of esters is 1. The largest absolute Gasteiger partial charge is 0.462 e. The molecule has 3 nitrogen and oxygen atoms in total. The second-order valence-corrected chi connectivity index (χ2v) is 5.71. The number of ether oxygens (including phenoxy) is 1. The molecule has 1 heterocycles. The average Bonchev–Trinajstić information content (AvgIpc) is 2.55. The van der Waals surface area contributed by atoms with E-state index in [1.165, 1.54) is 16.7 Å². The summed E-state index contributed by atoms with van der Waals surface area (Å²) < 4.78 is 5.40. The predicted octanol–water partition coefficient (Wildman–Crippen LogP) is 3.29. The van der Waals surface area contributed by atoms with Crippen LogP contribution in [0.25, 0.3) is 0 Å². The molecule has 1 N–H and O–H groups in total. The van der Waals surface area contributed by atoms with Gasteiger partial charge in [0.25, 0.3) is 0 Å². The van der Waals surface area contributed by atoms with E-state index in [1.807, 2.05) is 48.5 Å². The molecule has 0 amide bonds. The lowest BCUT2D eigenvalue weighted by atomic mass is 9.93. The van der Waals surface area contributed by atoms with Gasteiger partial charge in [0.15, 0.2) is 0 Å². The number of hydrogen-bond donors (Lipinski definition) is 1. The molecule has 1 aliphatic heterocycles. The summed E-state index contributed by atoms with van der Waals surface area (Å²) in [5.74, 6) is -0.232. The van der Waals surface area contributed by atoms with E-state index < -0.39 is 0 Å². The second-order valence-electron chi connectivity index (χ2n) is 5.71. The van der Waals surface area contributed by atoms with E-state index in [0.717, 1.165) is 19.4 Å². The van der Waals surface area contributed by atoms with E-state index in [2.05, 4.69) is 12.2 Å². The number of benzene rings is 2. The molecule has 0 aliphatic carbocycles. The lowest BCUT2D eigenvalue weighted by molar-refractivity contribution is 0.0509. The van der Waals surface area contributed by atoms with Gasteiger partial charge in [0.2, 0.25) is 0 Å². The maximum absolute atomic E-state index is 12.2. The van der Waals surface area contributed by atoms with E-state index in [4.69, 9.17) is 4.74 Å². The molecule has 1 unspecified atom stereocenters. The molecule has 22 heavy (non-hydrogen) atoms. The monoisotopic (exact) mass is 295 g/mol. The second kappa shape index (κ2) is 6.75. The van der Waals surface area contributed by atoms with Gasteiger partial charge in [0.05, 0.1) is 12.2 Å². The summed E-state index contributed by atoms with van der Waals surface area (Å²) in [6, 6.07) is 16.3. The summed E-state index contributed by atoms with van der Waals surface area (Å²) in [6.07, 6.45) is 1.71. The summed E-state index contributed by atoms with van der Waals surface area (Å²) in [7, 11) is 0. The van der Waals surface area contributed by atoms with E-state index in [1.54, 1.807) is 0 Å². The Morgan fingerprint density at radius 3 is 2.86 bits per heavy atom. The highest BCUT2D eigenvalue weighted by molar-refractivity contribution is 5.89. The standard InChI is InChI=1S/C19H21NO2/c1-14-18-8-7-17(13-16(18)9-11-20-14)19(21)22-12-10-15-5-3-2-4-6-15/h2-8,13-14,20H,9-12H2,1H3. The number of carbonyl (C=O) groups is 1. The fraction of sp³-hybridized carbons (Fsp3) is 0.316. The first-order chi connectivity index (χ1) is 10.7. The number of rotatable bonds is 4. The number of fused-ring (bicyclic) bond motifs is 1. The first-order valence-corrected chi connectivity index (χ1v) is 7.81. The maximum Gasteiger partial charge on any atom is 0.338 e. The Labute approximate surface area is 131 Å². The van der Waals surface area contributed by atoms with Gasteiger partial charge >= 0.3 is 5.97 Å². The Morgan fingerprint density at radius 2 is 2.05 bits per heavy atom. The zero-order valence-corrected chi connectivity index (χ0v) is 12.8. The third kappa shape index (κ3) is 3.37. The van der Waals surface area contributed by atoms with Gasteiger partial charge in [-0.2, -0.15) is 0 Å². The van der Waals surface area contributed by atoms with Crippen molar-refractivity contribution in [3.05, 3.63) is 70.8 Å². The average molecular weight is 295 g/mol. The molecule has 1 aliphatic rings. The third-order valence-electron chi connectivity index (χ3n) is 4.16. The van der Waals surface area contributed by atoms with Crippen molar-refractivity contribution in [2.24, 2.45) is 0 Å². The van der Waals surface area contributed by atoms with Crippen molar-refractivity contribution in [2.45, 2.75) is 25.8 Å². The minimum atomic E-state index is -0.232. The van der Waals surface area contributed by atoms with Gasteiger partial charge < -0.3 is 10.1 Å². The first-order valence-electron chi connectivity index (χ1n) is 7.81. The van der Waals surface area contributed by atoms with Gasteiger partial charge in [-0.25, -0.2) is 4.79 Å². The van der Waals surface area contributed by atoms with Crippen LogP contribution >= 0.6 is 0 Å². The van der Waals surface area contributed by atoms with Crippen LogP contribution in [0.1, 0.15) is 40.0 Å². The first kappa shape index (κ1) is 14.8. The van der Waals surface area contributed by atoms with Gasteiger partial charge in [0, 0.05) is 12.5 Å². The van der Waals surface area contributed by atoms with Crippen LogP contribution in [0.15, 0.2) is 48.5 Å². The van der Waals surface area contributed by atoms with Crippen LogP contribution in [0.2, 0.25) is 0 Å². The van der Waals surface area contributed by atoms with Crippen molar-refractivity contribution in [3.8, 4) is 0 Å². The van der Waals surface area contributed by atoms with E-state index in [-0.39, 0.29) is 5.97 Å². The normalized spacial score (nSPS) is 16.9. The van der Waals surface area contributed by atoms with E-state index >= 15 is 0 Å². The third-order valence-corrected chi connectivity index (χ3v) is 4.16. The zero-order chi connectivity index (χ0) is 15.4. The van der Waals surface area contributed by atoms with E-state index in [9.17, 15) is 4.79 Å². The summed E-state index contributed by atoms with van der Waals surface area (Å²) in [4.78, 5) is 12.2. The fourth-order valence-electron chi connectivity index (χ4n) is 2.89. The molecule has 2 aromatic carbocycles. The molecule has 0 radical (unpaired) electrons. The van der Waals surface area contributed by atoms with Gasteiger partial charge in [-0.1, -0.05) is 36.4 Å². The number of nitrogens with one attached hydrogen (secondary N) is 1. The number of carbonyl (C=O) groups excluding carboxylic acids is 1. The molecule has 0 bridgehead atoms. The molecule has 0 saturated heterocycles. The van der Waals surface area contributed by atoms with Crippen molar-refractivity contribution >= 4 is 5.97 Å². The van der Waals surface area contributed by atoms with Crippen molar-refractivity contribution in [3.63, 3.8) is 0 Å². The Morgan fingerprint density at radius 1 is 1.23 bits per heavy atom. The topological polar surface area (TPSA) is 38.3 Å². The SMILES string of the molecule is CC1NCCc2cc(C(=O)OCCc3ccccc3)ccc21. The van der Waals surface area contributed by atoms with Crippen molar-refractivity contribution in [1.29, 1.82) is 0 Å². The molecule has 114 valence electrons. The van der Waals surface area contributed by atoms with Gasteiger partial charge in [-0.3, -0.25) is 0 Å². The Hall–Kier alpha value is -2.13. The Balaban J connectivity index is 1.60. The highest BCUT2D eigenvalue weighted by atomic mass is 16.5. The molecule has 2 aromatic rings. The van der Waals surface area contributed by atoms with Crippen LogP contribution in [0.5, 0.6) is 0 Å². The Bertz CT molecular complexity index is 652. The van der Waals surface area contributed by atoms with Crippen LogP contribution in [0.3, 0.4) is 0 Å². The molecule has 0 aromatic heterocycles. The van der Waals surface area contributed by atoms with Gasteiger partial charge in [0.1, 0.15) is 0 Å². The fourth-order valence-corrected chi connectivity index (χ4v) is 2.89. The highest BCUT2D eigenvalue weighted by Crippen LogP contribution is 2.23. The van der Waals surface area contributed by atoms with E-state index in [0.29, 0.717) is 18.2 Å². The number of hydrogen-bond acceptors (Lipinski definition) is 3. The van der Waals surface area contributed by atoms with Gasteiger partial charge in [-0.15, -0.1) is 0 Å². The quantitative estimate of drug-likeness (QED) is 0.880. The highest BCUT2D eigenvalue weighted by Gasteiger charge is 2.17. The van der Waals surface area contributed by atoms with Crippen molar-refractivity contribution < 1.29 is 9.53 Å². The van der Waals surface area contributed by atoms with Crippen molar-refractivity contribution in [2.75, 3.05) is 13.2 Å². The molecule has 1 atom stereocenters. The van der Waals surface area contributed by atoms with Crippen LogP contribution in [0, 0.1) is 0 Å². The molecule has 0 spiro atoms.